The largest absolute Gasteiger partial charge is 0.478 e. The zero-order chi connectivity index (χ0) is 22.1. The molecule has 1 aromatic carbocycles. The number of hydrogen-bond acceptors (Lipinski definition) is 5. The molecule has 3 rings (SSSR count). The zero-order valence-corrected chi connectivity index (χ0v) is 18.8. The third kappa shape index (κ3) is 4.46. The van der Waals surface area contributed by atoms with Crippen LogP contribution in [0.3, 0.4) is 0 Å². The van der Waals surface area contributed by atoms with Gasteiger partial charge in [0.05, 0.1) is 16.5 Å². The zero-order valence-electron chi connectivity index (χ0n) is 18.0. The quantitative estimate of drug-likeness (QED) is 0.711. The van der Waals surface area contributed by atoms with Gasteiger partial charge in [-0.3, -0.25) is 9.59 Å². The van der Waals surface area contributed by atoms with E-state index in [1.54, 1.807) is 13.0 Å². The first-order valence-electron chi connectivity index (χ1n) is 10.6. The van der Waals surface area contributed by atoms with Crippen molar-refractivity contribution in [1.82, 2.24) is 9.62 Å². The van der Waals surface area contributed by atoms with Crippen LogP contribution >= 0.6 is 0 Å². The molecule has 0 radical (unpaired) electrons. The lowest BCUT2D eigenvalue weighted by Gasteiger charge is -2.32. The van der Waals surface area contributed by atoms with E-state index in [-0.39, 0.29) is 35.2 Å². The van der Waals surface area contributed by atoms with Gasteiger partial charge in [-0.2, -0.15) is 4.31 Å². The fourth-order valence-corrected chi connectivity index (χ4v) is 5.55. The van der Waals surface area contributed by atoms with Gasteiger partial charge in [0.25, 0.3) is 5.91 Å². The van der Waals surface area contributed by atoms with Crippen LogP contribution in [0.2, 0.25) is 0 Å². The highest BCUT2D eigenvalue weighted by molar-refractivity contribution is 7.89. The van der Waals surface area contributed by atoms with E-state index in [0.29, 0.717) is 42.8 Å². The summed E-state index contributed by atoms with van der Waals surface area (Å²) in [5.74, 6) is -0.330. The van der Waals surface area contributed by atoms with E-state index in [1.165, 1.54) is 10.4 Å². The second-order valence-corrected chi connectivity index (χ2v) is 10.0. The van der Waals surface area contributed by atoms with Gasteiger partial charge in [0, 0.05) is 25.2 Å². The molecular weight excluding hydrogens is 406 g/mol. The standard InChI is InChI=1S/C21H31N3O5S/c1-5-14(4)22-20(25)15-8-7-9-24(12-15)30(27,28)19-11-18-16(10-13(19)3)23-21(26)17(6-2)29-18/h10-11,14-15,17H,5-9,12H2,1-4H3,(H,22,25)(H,23,26)/t14-,15-,17+/m0/s1. The van der Waals surface area contributed by atoms with Crippen LogP contribution in [0.1, 0.15) is 52.0 Å². The molecule has 0 spiro atoms. The Balaban J connectivity index is 1.85. The number of benzene rings is 1. The number of piperidine rings is 1. The third-order valence-electron chi connectivity index (χ3n) is 5.84. The Bertz CT molecular complexity index is 931. The lowest BCUT2D eigenvalue weighted by atomic mass is 9.98. The van der Waals surface area contributed by atoms with Crippen molar-refractivity contribution in [1.29, 1.82) is 0 Å². The number of carbonyl (C=O) groups excluding carboxylic acids is 2. The molecule has 2 heterocycles. The number of ether oxygens (including phenoxy) is 1. The van der Waals surface area contributed by atoms with Crippen molar-refractivity contribution in [2.24, 2.45) is 5.92 Å². The molecule has 2 N–H and O–H groups in total. The van der Waals surface area contributed by atoms with Crippen LogP contribution in [0.15, 0.2) is 17.0 Å². The van der Waals surface area contributed by atoms with Gasteiger partial charge >= 0.3 is 0 Å². The van der Waals surface area contributed by atoms with Crippen molar-refractivity contribution >= 4 is 27.5 Å². The van der Waals surface area contributed by atoms with Gasteiger partial charge in [-0.05, 0) is 51.2 Å². The Kier molecular flexibility index (Phi) is 6.71. The number of hydrogen-bond donors (Lipinski definition) is 2. The topological polar surface area (TPSA) is 105 Å². The van der Waals surface area contributed by atoms with Crippen molar-refractivity contribution in [3.05, 3.63) is 17.7 Å². The number of aryl methyl sites for hydroxylation is 1. The molecule has 3 atom stereocenters. The second-order valence-electron chi connectivity index (χ2n) is 8.14. The van der Waals surface area contributed by atoms with E-state index in [1.807, 2.05) is 20.8 Å². The number of anilines is 1. The second kappa shape index (κ2) is 8.93. The summed E-state index contributed by atoms with van der Waals surface area (Å²) in [6.45, 7) is 8.00. The van der Waals surface area contributed by atoms with Crippen LogP contribution < -0.4 is 15.4 Å². The average molecular weight is 438 g/mol. The smallest absolute Gasteiger partial charge is 0.265 e. The molecule has 2 aliphatic rings. The summed E-state index contributed by atoms with van der Waals surface area (Å²) >= 11 is 0. The van der Waals surface area contributed by atoms with Crippen LogP contribution in [0.4, 0.5) is 5.69 Å². The van der Waals surface area contributed by atoms with Gasteiger partial charge < -0.3 is 15.4 Å². The summed E-state index contributed by atoms with van der Waals surface area (Å²) in [5.41, 5.74) is 1.00. The molecule has 0 unspecified atom stereocenters. The molecule has 8 nitrogen and oxygen atoms in total. The lowest BCUT2D eigenvalue weighted by Crippen LogP contribution is -2.47. The number of carbonyl (C=O) groups is 2. The monoisotopic (exact) mass is 437 g/mol. The van der Waals surface area contributed by atoms with E-state index >= 15 is 0 Å². The highest BCUT2D eigenvalue weighted by Crippen LogP contribution is 2.36. The number of sulfonamides is 1. The molecule has 1 saturated heterocycles. The van der Waals surface area contributed by atoms with Crippen molar-refractivity contribution in [3.63, 3.8) is 0 Å². The Morgan fingerprint density at radius 1 is 1.37 bits per heavy atom. The van der Waals surface area contributed by atoms with Crippen molar-refractivity contribution in [2.45, 2.75) is 70.4 Å². The minimum Gasteiger partial charge on any atom is -0.478 e. The molecule has 166 valence electrons. The molecule has 1 aromatic rings. The SMILES string of the molecule is CC[C@H](C)NC(=O)[C@H]1CCCN(S(=O)(=O)c2cc3c(cc2C)NC(=O)[C@@H](CC)O3)C1. The van der Waals surface area contributed by atoms with Gasteiger partial charge in [0.2, 0.25) is 15.9 Å². The molecular formula is C21H31N3O5S. The first-order valence-corrected chi connectivity index (χ1v) is 12.0. The van der Waals surface area contributed by atoms with Crippen molar-refractivity contribution in [2.75, 3.05) is 18.4 Å². The predicted octanol–water partition coefficient (Wildman–Crippen LogP) is 2.42. The lowest BCUT2D eigenvalue weighted by molar-refractivity contribution is -0.126. The Hall–Kier alpha value is -2.13. The summed E-state index contributed by atoms with van der Waals surface area (Å²) < 4.78 is 33.9. The summed E-state index contributed by atoms with van der Waals surface area (Å²) in [4.78, 5) is 24.7. The molecule has 0 bridgehead atoms. The minimum atomic E-state index is -3.80. The maximum Gasteiger partial charge on any atom is 0.265 e. The first kappa shape index (κ1) is 22.6. The molecule has 30 heavy (non-hydrogen) atoms. The van der Waals surface area contributed by atoms with Gasteiger partial charge in [-0.15, -0.1) is 0 Å². The maximum absolute atomic E-state index is 13.4. The number of nitrogens with one attached hydrogen (secondary N) is 2. The highest BCUT2D eigenvalue weighted by atomic mass is 32.2. The summed E-state index contributed by atoms with van der Waals surface area (Å²) in [6, 6.07) is 3.18. The number of rotatable bonds is 6. The van der Waals surface area contributed by atoms with Gasteiger partial charge in [0.15, 0.2) is 6.10 Å². The summed E-state index contributed by atoms with van der Waals surface area (Å²) in [5, 5.41) is 5.74. The maximum atomic E-state index is 13.4. The fourth-order valence-electron chi connectivity index (χ4n) is 3.81. The predicted molar refractivity (Wildman–Crippen MR) is 114 cm³/mol. The number of amides is 2. The molecule has 0 aromatic heterocycles. The third-order valence-corrected chi connectivity index (χ3v) is 7.85. The van der Waals surface area contributed by atoms with E-state index < -0.39 is 16.1 Å². The van der Waals surface area contributed by atoms with Crippen molar-refractivity contribution in [3.8, 4) is 5.75 Å². The van der Waals surface area contributed by atoms with Crippen LogP contribution in [-0.4, -0.2) is 49.8 Å². The highest BCUT2D eigenvalue weighted by Gasteiger charge is 2.36. The molecule has 0 saturated carbocycles. The number of nitrogens with zero attached hydrogens (tertiary/aromatic N) is 1. The van der Waals surface area contributed by atoms with Gasteiger partial charge in [-0.1, -0.05) is 13.8 Å². The van der Waals surface area contributed by atoms with E-state index in [2.05, 4.69) is 10.6 Å². The van der Waals surface area contributed by atoms with E-state index in [0.717, 1.165) is 6.42 Å². The Labute approximate surface area is 178 Å². The van der Waals surface area contributed by atoms with E-state index in [4.69, 9.17) is 4.74 Å². The van der Waals surface area contributed by atoms with Crippen LogP contribution in [0, 0.1) is 12.8 Å². The molecule has 1 fully saturated rings. The minimum absolute atomic E-state index is 0.0613. The van der Waals surface area contributed by atoms with Crippen LogP contribution in [0.5, 0.6) is 5.75 Å². The number of fused-ring (bicyclic) bond motifs is 1. The molecule has 9 heteroatoms. The van der Waals surface area contributed by atoms with Crippen molar-refractivity contribution < 1.29 is 22.7 Å². The van der Waals surface area contributed by atoms with E-state index in [9.17, 15) is 18.0 Å². The fraction of sp³-hybridized carbons (Fsp3) is 0.619. The normalized spacial score (nSPS) is 23.1. The van der Waals surface area contributed by atoms with Crippen LogP contribution in [-0.2, 0) is 19.6 Å². The summed E-state index contributed by atoms with van der Waals surface area (Å²) in [7, 11) is -3.80. The average Bonchev–Trinajstić information content (AvgIpc) is 2.72. The molecule has 2 aliphatic heterocycles. The Morgan fingerprint density at radius 3 is 2.77 bits per heavy atom. The molecule has 2 amide bonds. The van der Waals surface area contributed by atoms with Gasteiger partial charge in [0.1, 0.15) is 5.75 Å². The van der Waals surface area contributed by atoms with Crippen LogP contribution in [0.25, 0.3) is 0 Å². The van der Waals surface area contributed by atoms with Gasteiger partial charge in [-0.25, -0.2) is 8.42 Å². The molecule has 0 aliphatic carbocycles. The summed E-state index contributed by atoms with van der Waals surface area (Å²) in [6.07, 6.45) is 1.97. The first-order chi connectivity index (χ1) is 14.2. The Morgan fingerprint density at radius 2 is 2.10 bits per heavy atom.